The summed E-state index contributed by atoms with van der Waals surface area (Å²) in [5.41, 5.74) is 6.76. The van der Waals surface area contributed by atoms with Gasteiger partial charge >= 0.3 is 0 Å². The van der Waals surface area contributed by atoms with Crippen molar-refractivity contribution in [2.24, 2.45) is 5.73 Å². The number of nitrogens with two attached hydrogens (primary N) is 1. The van der Waals surface area contributed by atoms with Gasteiger partial charge in [-0.25, -0.2) is 0 Å². The Kier molecular flexibility index (Phi) is 4.70. The van der Waals surface area contributed by atoms with E-state index in [4.69, 9.17) is 5.73 Å². The second kappa shape index (κ2) is 6.49. The lowest BCUT2D eigenvalue weighted by molar-refractivity contribution is -0.126. The minimum Gasteiger partial charge on any atom is -0.366 e. The molecule has 1 aliphatic heterocycles. The first-order chi connectivity index (χ1) is 9.63. The van der Waals surface area contributed by atoms with Crippen molar-refractivity contribution in [1.82, 2.24) is 15.5 Å². The summed E-state index contributed by atoms with van der Waals surface area (Å²) in [5, 5.41) is 5.88. The fourth-order valence-electron chi connectivity index (χ4n) is 2.48. The van der Waals surface area contributed by atoms with Crippen LogP contribution in [-0.4, -0.2) is 49.4 Å². The molecule has 1 heterocycles. The first-order valence-electron chi connectivity index (χ1n) is 6.67. The van der Waals surface area contributed by atoms with E-state index in [0.717, 1.165) is 18.7 Å². The van der Waals surface area contributed by atoms with Crippen molar-refractivity contribution in [1.29, 1.82) is 0 Å². The molecule has 1 aromatic carbocycles. The van der Waals surface area contributed by atoms with Gasteiger partial charge in [0.1, 0.15) is 6.04 Å². The Balaban J connectivity index is 2.19. The number of hydrogen-bond donors (Lipinski definition) is 3. The van der Waals surface area contributed by atoms with E-state index in [1.54, 1.807) is 19.2 Å². The number of piperazine rings is 1. The first-order valence-corrected chi connectivity index (χ1v) is 6.67. The molecule has 1 aliphatic rings. The van der Waals surface area contributed by atoms with Crippen LogP contribution >= 0.6 is 0 Å². The minimum absolute atomic E-state index is 0.0197. The number of primary amides is 1. The summed E-state index contributed by atoms with van der Waals surface area (Å²) >= 11 is 0. The Morgan fingerprint density at radius 2 is 2.20 bits per heavy atom. The SMILES string of the molecule is CNC(=O)C1CNCCN1Cc1ccccc1C(N)=O. The summed E-state index contributed by atoms with van der Waals surface area (Å²) in [7, 11) is 1.63. The number of nitrogens with one attached hydrogen (secondary N) is 2. The fourth-order valence-corrected chi connectivity index (χ4v) is 2.48. The van der Waals surface area contributed by atoms with E-state index >= 15 is 0 Å². The number of hydrogen-bond acceptors (Lipinski definition) is 4. The van der Waals surface area contributed by atoms with E-state index in [2.05, 4.69) is 15.5 Å². The minimum atomic E-state index is -0.438. The quantitative estimate of drug-likeness (QED) is 0.679. The van der Waals surface area contributed by atoms with E-state index in [9.17, 15) is 9.59 Å². The number of amides is 2. The maximum absolute atomic E-state index is 11.9. The van der Waals surface area contributed by atoms with Gasteiger partial charge in [-0.05, 0) is 11.6 Å². The van der Waals surface area contributed by atoms with Gasteiger partial charge in [-0.15, -0.1) is 0 Å². The van der Waals surface area contributed by atoms with Gasteiger partial charge < -0.3 is 16.4 Å². The number of benzene rings is 1. The lowest BCUT2D eigenvalue weighted by atomic mass is 10.0. The Bertz CT molecular complexity index is 504. The number of rotatable bonds is 4. The fraction of sp³-hybridized carbons (Fsp3) is 0.429. The molecule has 1 aromatic rings. The van der Waals surface area contributed by atoms with Gasteiger partial charge in [-0.1, -0.05) is 18.2 Å². The van der Waals surface area contributed by atoms with E-state index in [1.165, 1.54) is 0 Å². The lowest BCUT2D eigenvalue weighted by Gasteiger charge is -2.35. The highest BCUT2D eigenvalue weighted by atomic mass is 16.2. The highest BCUT2D eigenvalue weighted by molar-refractivity contribution is 5.94. The Morgan fingerprint density at radius 1 is 1.45 bits per heavy atom. The predicted octanol–water partition coefficient (Wildman–Crippen LogP) is -0.695. The van der Waals surface area contributed by atoms with E-state index in [0.29, 0.717) is 18.7 Å². The monoisotopic (exact) mass is 276 g/mol. The molecule has 6 nitrogen and oxygen atoms in total. The Morgan fingerprint density at radius 3 is 2.90 bits per heavy atom. The molecule has 0 radical (unpaired) electrons. The van der Waals surface area contributed by atoms with Crippen molar-refractivity contribution in [2.45, 2.75) is 12.6 Å². The number of nitrogens with zero attached hydrogens (tertiary/aromatic N) is 1. The number of likely N-dealkylation sites (N-methyl/N-ethyl adjacent to an activating group) is 1. The maximum atomic E-state index is 11.9. The predicted molar refractivity (Wildman–Crippen MR) is 76.1 cm³/mol. The summed E-state index contributed by atoms with van der Waals surface area (Å²) < 4.78 is 0. The van der Waals surface area contributed by atoms with E-state index < -0.39 is 5.91 Å². The molecule has 0 aromatic heterocycles. The van der Waals surface area contributed by atoms with Crippen LogP contribution in [0.25, 0.3) is 0 Å². The molecular weight excluding hydrogens is 256 g/mol. The Labute approximate surface area is 118 Å². The summed E-state index contributed by atoms with van der Waals surface area (Å²) in [5.74, 6) is -0.457. The van der Waals surface area contributed by atoms with Gasteiger partial charge in [0.2, 0.25) is 11.8 Å². The van der Waals surface area contributed by atoms with Gasteiger partial charge in [-0.3, -0.25) is 14.5 Å². The van der Waals surface area contributed by atoms with E-state index in [-0.39, 0.29) is 11.9 Å². The van der Waals surface area contributed by atoms with Gasteiger partial charge in [0.05, 0.1) is 0 Å². The van der Waals surface area contributed by atoms with Crippen LogP contribution in [0.3, 0.4) is 0 Å². The Hall–Kier alpha value is -1.92. The van der Waals surface area contributed by atoms with Crippen LogP contribution < -0.4 is 16.4 Å². The van der Waals surface area contributed by atoms with Crippen molar-refractivity contribution >= 4 is 11.8 Å². The molecule has 0 spiro atoms. The molecule has 4 N–H and O–H groups in total. The van der Waals surface area contributed by atoms with Gasteiger partial charge in [-0.2, -0.15) is 0 Å². The van der Waals surface area contributed by atoms with Crippen molar-refractivity contribution in [3.05, 3.63) is 35.4 Å². The second-order valence-electron chi connectivity index (χ2n) is 4.83. The lowest BCUT2D eigenvalue weighted by Crippen LogP contribution is -2.57. The molecule has 1 unspecified atom stereocenters. The topological polar surface area (TPSA) is 87.5 Å². The standard InChI is InChI=1S/C14H20N4O2/c1-16-14(20)12-8-17-6-7-18(12)9-10-4-2-3-5-11(10)13(15)19/h2-5,12,17H,6-9H2,1H3,(H2,15,19)(H,16,20). The molecule has 2 amide bonds. The van der Waals surface area contributed by atoms with Crippen LogP contribution in [-0.2, 0) is 11.3 Å². The molecule has 1 atom stereocenters. The molecule has 1 saturated heterocycles. The van der Waals surface area contributed by atoms with Gasteiger partial charge in [0.25, 0.3) is 0 Å². The zero-order chi connectivity index (χ0) is 14.5. The molecule has 1 fully saturated rings. The smallest absolute Gasteiger partial charge is 0.249 e. The number of carbonyl (C=O) groups excluding carboxylic acids is 2. The van der Waals surface area contributed by atoms with Crippen molar-refractivity contribution in [2.75, 3.05) is 26.7 Å². The number of carbonyl (C=O) groups is 2. The molecular formula is C14H20N4O2. The largest absolute Gasteiger partial charge is 0.366 e. The molecule has 0 aliphatic carbocycles. The van der Waals surface area contributed by atoms with Crippen LogP contribution in [0.1, 0.15) is 15.9 Å². The summed E-state index contributed by atoms with van der Waals surface area (Å²) in [6, 6.07) is 7.03. The van der Waals surface area contributed by atoms with Crippen molar-refractivity contribution < 1.29 is 9.59 Å². The average molecular weight is 276 g/mol. The molecule has 0 bridgehead atoms. The molecule has 2 rings (SSSR count). The normalized spacial score (nSPS) is 19.6. The van der Waals surface area contributed by atoms with Crippen LogP contribution in [0.4, 0.5) is 0 Å². The molecule has 108 valence electrons. The second-order valence-corrected chi connectivity index (χ2v) is 4.83. The molecule has 20 heavy (non-hydrogen) atoms. The first kappa shape index (κ1) is 14.5. The third kappa shape index (κ3) is 3.15. The van der Waals surface area contributed by atoms with Crippen molar-refractivity contribution in [3.8, 4) is 0 Å². The van der Waals surface area contributed by atoms with Crippen LogP contribution in [0.2, 0.25) is 0 Å². The van der Waals surface area contributed by atoms with Gasteiger partial charge in [0.15, 0.2) is 0 Å². The zero-order valence-electron chi connectivity index (χ0n) is 11.6. The highest BCUT2D eigenvalue weighted by Crippen LogP contribution is 2.14. The van der Waals surface area contributed by atoms with E-state index in [1.807, 2.05) is 12.1 Å². The average Bonchev–Trinajstić information content (AvgIpc) is 2.47. The zero-order valence-corrected chi connectivity index (χ0v) is 11.6. The molecule has 6 heteroatoms. The maximum Gasteiger partial charge on any atom is 0.249 e. The van der Waals surface area contributed by atoms with Crippen LogP contribution in [0.15, 0.2) is 24.3 Å². The van der Waals surface area contributed by atoms with Gasteiger partial charge in [0, 0.05) is 38.8 Å². The summed E-state index contributed by atoms with van der Waals surface area (Å²) in [6.45, 7) is 2.73. The van der Waals surface area contributed by atoms with Crippen LogP contribution in [0.5, 0.6) is 0 Å². The third-order valence-electron chi connectivity index (χ3n) is 3.56. The highest BCUT2D eigenvalue weighted by Gasteiger charge is 2.28. The molecule has 0 saturated carbocycles. The summed E-state index contributed by atoms with van der Waals surface area (Å²) in [6.07, 6.45) is 0. The van der Waals surface area contributed by atoms with Crippen molar-refractivity contribution in [3.63, 3.8) is 0 Å². The third-order valence-corrected chi connectivity index (χ3v) is 3.56. The summed E-state index contributed by atoms with van der Waals surface area (Å²) in [4.78, 5) is 25.4. The van der Waals surface area contributed by atoms with Crippen LogP contribution in [0, 0.1) is 0 Å².